The van der Waals surface area contributed by atoms with Crippen LogP contribution in [0.15, 0.2) is 47.4 Å². The number of ether oxygens (including phenoxy) is 1. The molecule has 138 valence electrons. The van der Waals surface area contributed by atoms with E-state index in [0.717, 1.165) is 17.5 Å². The number of esters is 1. The van der Waals surface area contributed by atoms with Crippen LogP contribution in [-0.4, -0.2) is 33.0 Å². The monoisotopic (exact) mass is 398 g/mol. The van der Waals surface area contributed by atoms with Crippen LogP contribution in [0, 0.1) is 17.0 Å². The van der Waals surface area contributed by atoms with Gasteiger partial charge >= 0.3 is 5.97 Å². The van der Waals surface area contributed by atoms with E-state index in [1.54, 1.807) is 0 Å². The first kappa shape index (κ1) is 19.7. The Balaban J connectivity index is 2.62. The largest absolute Gasteiger partial charge is 0.468 e. The molecule has 26 heavy (non-hydrogen) atoms. The zero-order valence-corrected chi connectivity index (χ0v) is 15.5. The lowest BCUT2D eigenvalue weighted by atomic mass is 10.2. The third-order valence-corrected chi connectivity index (χ3v) is 5.73. The Morgan fingerprint density at radius 1 is 1.23 bits per heavy atom. The molecular formula is C16H15ClN2O6S. The summed E-state index contributed by atoms with van der Waals surface area (Å²) in [5.41, 5.74) is 0.105. The van der Waals surface area contributed by atoms with Crippen molar-refractivity contribution < 1.29 is 22.9 Å². The number of carbonyl (C=O) groups is 1. The van der Waals surface area contributed by atoms with Crippen molar-refractivity contribution >= 4 is 39.0 Å². The third-order valence-electron chi connectivity index (χ3n) is 3.57. The number of non-ortho nitro benzene ring substituents is 1. The van der Waals surface area contributed by atoms with Gasteiger partial charge in [0.25, 0.3) is 15.7 Å². The maximum absolute atomic E-state index is 13.1. The second kappa shape index (κ2) is 7.71. The highest BCUT2D eigenvalue weighted by molar-refractivity contribution is 7.93. The first-order valence-corrected chi connectivity index (χ1v) is 9.09. The summed E-state index contributed by atoms with van der Waals surface area (Å²) in [6.07, 6.45) is 0. The van der Waals surface area contributed by atoms with Crippen LogP contribution in [-0.2, 0) is 19.6 Å². The second-order valence-corrected chi connectivity index (χ2v) is 7.54. The average molecular weight is 399 g/mol. The summed E-state index contributed by atoms with van der Waals surface area (Å²) >= 11 is 5.83. The van der Waals surface area contributed by atoms with Crippen molar-refractivity contribution in [3.05, 3.63) is 63.2 Å². The Morgan fingerprint density at radius 2 is 1.85 bits per heavy atom. The molecule has 0 saturated heterocycles. The standard InChI is InChI=1S/C16H15ClN2O6S/c1-11-3-6-14(19(21)22)9-15(11)26(23,24)18(10-16(20)25-2)13-7-4-12(17)5-8-13/h3-9H,10H2,1-2H3. The van der Waals surface area contributed by atoms with Crippen molar-refractivity contribution in [2.45, 2.75) is 11.8 Å². The molecule has 0 unspecified atom stereocenters. The molecule has 0 radical (unpaired) electrons. The topological polar surface area (TPSA) is 107 Å². The van der Waals surface area contributed by atoms with Crippen LogP contribution < -0.4 is 4.31 Å². The van der Waals surface area contributed by atoms with Gasteiger partial charge in [-0.1, -0.05) is 17.7 Å². The molecule has 0 amide bonds. The zero-order chi connectivity index (χ0) is 19.5. The molecule has 8 nitrogen and oxygen atoms in total. The van der Waals surface area contributed by atoms with E-state index in [9.17, 15) is 23.3 Å². The van der Waals surface area contributed by atoms with Gasteiger partial charge in [-0.2, -0.15) is 0 Å². The van der Waals surface area contributed by atoms with Crippen molar-refractivity contribution in [2.75, 3.05) is 18.0 Å². The molecule has 0 aliphatic rings. The van der Waals surface area contributed by atoms with Gasteiger partial charge in [-0.25, -0.2) is 8.42 Å². The average Bonchev–Trinajstić information content (AvgIpc) is 2.60. The number of hydrogen-bond acceptors (Lipinski definition) is 6. The van der Waals surface area contributed by atoms with Crippen LogP contribution in [0.1, 0.15) is 5.56 Å². The maximum Gasteiger partial charge on any atom is 0.326 e. The number of nitro groups is 1. The minimum Gasteiger partial charge on any atom is -0.468 e. The molecule has 0 fully saturated rings. The summed E-state index contributed by atoms with van der Waals surface area (Å²) in [7, 11) is -3.14. The van der Waals surface area contributed by atoms with Crippen LogP contribution in [0.5, 0.6) is 0 Å². The van der Waals surface area contributed by atoms with Gasteiger partial charge in [0, 0.05) is 17.2 Å². The molecule has 2 rings (SSSR count). The number of anilines is 1. The number of nitrogens with zero attached hydrogens (tertiary/aromatic N) is 2. The Labute approximate surface area is 155 Å². The van der Waals surface area contributed by atoms with Gasteiger partial charge < -0.3 is 4.74 Å². The second-order valence-electron chi connectivity index (χ2n) is 5.27. The predicted octanol–water partition coefficient (Wildman–Crippen LogP) is 2.92. The molecule has 2 aromatic carbocycles. The Bertz CT molecular complexity index is 944. The fraction of sp³-hybridized carbons (Fsp3) is 0.188. The number of hydrogen-bond donors (Lipinski definition) is 0. The molecule has 0 aromatic heterocycles. The smallest absolute Gasteiger partial charge is 0.326 e. The Morgan fingerprint density at radius 3 is 2.38 bits per heavy atom. The summed E-state index contributed by atoms with van der Waals surface area (Å²) in [5.74, 6) is -0.786. The maximum atomic E-state index is 13.1. The van der Waals surface area contributed by atoms with Crippen LogP contribution >= 0.6 is 11.6 Å². The van der Waals surface area contributed by atoms with E-state index < -0.39 is 27.5 Å². The molecule has 0 bridgehead atoms. The van der Waals surface area contributed by atoms with E-state index in [1.165, 1.54) is 43.3 Å². The quantitative estimate of drug-likeness (QED) is 0.420. The molecule has 0 N–H and O–H groups in total. The van der Waals surface area contributed by atoms with Gasteiger partial charge in [-0.05, 0) is 36.8 Å². The van der Waals surface area contributed by atoms with E-state index in [0.29, 0.717) is 10.6 Å². The van der Waals surface area contributed by atoms with Gasteiger partial charge in [0.15, 0.2) is 0 Å². The number of aryl methyl sites for hydroxylation is 1. The summed E-state index contributed by atoms with van der Waals surface area (Å²) in [5, 5.41) is 11.4. The lowest BCUT2D eigenvalue weighted by molar-refractivity contribution is -0.385. The lowest BCUT2D eigenvalue weighted by Crippen LogP contribution is -2.36. The molecule has 0 aliphatic heterocycles. The van der Waals surface area contributed by atoms with Crippen molar-refractivity contribution in [1.82, 2.24) is 0 Å². The van der Waals surface area contributed by atoms with E-state index >= 15 is 0 Å². The Hall–Kier alpha value is -2.65. The zero-order valence-electron chi connectivity index (χ0n) is 13.9. The van der Waals surface area contributed by atoms with E-state index in [-0.39, 0.29) is 16.3 Å². The van der Waals surface area contributed by atoms with Gasteiger partial charge in [-0.3, -0.25) is 19.2 Å². The van der Waals surface area contributed by atoms with Gasteiger partial charge in [0.1, 0.15) is 6.54 Å². The molecule has 0 heterocycles. The summed E-state index contributed by atoms with van der Waals surface area (Å²) < 4.78 is 31.6. The third kappa shape index (κ3) is 4.12. The SMILES string of the molecule is COC(=O)CN(c1ccc(Cl)cc1)S(=O)(=O)c1cc([N+](=O)[O-])ccc1C. The van der Waals surface area contributed by atoms with Crippen LogP contribution in [0.3, 0.4) is 0 Å². The lowest BCUT2D eigenvalue weighted by Gasteiger charge is -2.24. The number of halogens is 1. The summed E-state index contributed by atoms with van der Waals surface area (Å²) in [4.78, 5) is 21.8. The summed E-state index contributed by atoms with van der Waals surface area (Å²) in [6, 6.07) is 9.30. The highest BCUT2D eigenvalue weighted by Crippen LogP contribution is 2.29. The highest BCUT2D eigenvalue weighted by Gasteiger charge is 2.30. The number of benzene rings is 2. The number of methoxy groups -OCH3 is 1. The minimum atomic E-state index is -4.27. The molecule has 0 aliphatic carbocycles. The molecule has 10 heteroatoms. The van der Waals surface area contributed by atoms with E-state index in [2.05, 4.69) is 4.74 Å². The van der Waals surface area contributed by atoms with Crippen LogP contribution in [0.25, 0.3) is 0 Å². The van der Waals surface area contributed by atoms with Gasteiger partial charge in [-0.15, -0.1) is 0 Å². The number of carbonyl (C=O) groups excluding carboxylic acids is 1. The number of sulfonamides is 1. The molecule has 0 saturated carbocycles. The van der Waals surface area contributed by atoms with Crippen molar-refractivity contribution in [2.24, 2.45) is 0 Å². The van der Waals surface area contributed by atoms with Crippen LogP contribution in [0.4, 0.5) is 11.4 Å². The minimum absolute atomic E-state index is 0.172. The normalized spacial score (nSPS) is 11.0. The first-order valence-electron chi connectivity index (χ1n) is 7.27. The number of rotatable bonds is 6. The molecular weight excluding hydrogens is 384 g/mol. The molecule has 0 atom stereocenters. The van der Waals surface area contributed by atoms with Crippen molar-refractivity contribution in [1.29, 1.82) is 0 Å². The van der Waals surface area contributed by atoms with Gasteiger partial charge in [0.05, 0.1) is 22.6 Å². The van der Waals surface area contributed by atoms with Gasteiger partial charge in [0.2, 0.25) is 0 Å². The first-order chi connectivity index (χ1) is 12.2. The Kier molecular flexibility index (Phi) is 5.83. The fourth-order valence-corrected chi connectivity index (χ4v) is 3.99. The van der Waals surface area contributed by atoms with E-state index in [1.807, 2.05) is 0 Å². The van der Waals surface area contributed by atoms with Crippen molar-refractivity contribution in [3.63, 3.8) is 0 Å². The van der Waals surface area contributed by atoms with Crippen LogP contribution in [0.2, 0.25) is 5.02 Å². The molecule has 2 aromatic rings. The molecule has 0 spiro atoms. The fourth-order valence-electron chi connectivity index (χ4n) is 2.20. The van der Waals surface area contributed by atoms with Crippen molar-refractivity contribution in [3.8, 4) is 0 Å². The highest BCUT2D eigenvalue weighted by atomic mass is 35.5. The predicted molar refractivity (Wildman–Crippen MR) is 95.8 cm³/mol. The van der Waals surface area contributed by atoms with E-state index in [4.69, 9.17) is 11.6 Å². The summed E-state index contributed by atoms with van der Waals surface area (Å²) in [6.45, 7) is 0.914. The number of nitro benzene ring substituents is 1.